The second-order valence-electron chi connectivity index (χ2n) is 8.53. The van der Waals surface area contributed by atoms with Crippen LogP contribution in [-0.2, 0) is 12.3 Å². The van der Waals surface area contributed by atoms with E-state index in [1.54, 1.807) is 12.3 Å². The van der Waals surface area contributed by atoms with E-state index in [1.807, 2.05) is 60.7 Å². The summed E-state index contributed by atoms with van der Waals surface area (Å²) in [6.45, 7) is 3.79. The third kappa shape index (κ3) is 6.77. The van der Waals surface area contributed by atoms with Gasteiger partial charge in [0.25, 0.3) is 5.91 Å². The molecule has 0 bridgehead atoms. The Morgan fingerprint density at radius 2 is 1.68 bits per heavy atom. The van der Waals surface area contributed by atoms with E-state index in [-0.39, 0.29) is 5.91 Å². The monoisotopic (exact) mass is 553 g/mol. The summed E-state index contributed by atoms with van der Waals surface area (Å²) in [4.78, 5) is 26.1. The van der Waals surface area contributed by atoms with Crippen molar-refractivity contribution < 1.29 is 9.21 Å². The number of carbonyl (C=O) groups is 1. The molecule has 3 heterocycles. The number of piperazine rings is 1. The smallest absolute Gasteiger partial charge is 0.251 e. The van der Waals surface area contributed by atoms with Gasteiger partial charge in [0.1, 0.15) is 16.7 Å². The molecule has 4 aromatic rings. The van der Waals surface area contributed by atoms with Crippen LogP contribution >= 0.6 is 35.0 Å². The third-order valence-electron chi connectivity index (χ3n) is 6.04. The second-order valence-corrected chi connectivity index (χ2v) is 10.3. The Morgan fingerprint density at radius 3 is 2.38 bits per heavy atom. The van der Waals surface area contributed by atoms with Crippen molar-refractivity contribution in [2.75, 3.05) is 36.0 Å². The Bertz CT molecular complexity index is 1330. The van der Waals surface area contributed by atoms with Crippen LogP contribution in [0.5, 0.6) is 0 Å². The highest BCUT2D eigenvalue weighted by Gasteiger charge is 2.20. The highest BCUT2D eigenvalue weighted by atomic mass is 35.5. The molecule has 1 fully saturated rings. The van der Waals surface area contributed by atoms with E-state index in [0.717, 1.165) is 42.6 Å². The normalized spacial score (nSPS) is 13.6. The van der Waals surface area contributed by atoms with Crippen LogP contribution in [0.4, 0.5) is 11.5 Å². The maximum Gasteiger partial charge on any atom is 0.251 e. The summed E-state index contributed by atoms with van der Waals surface area (Å²) in [6.07, 6.45) is 1.59. The van der Waals surface area contributed by atoms with Crippen molar-refractivity contribution in [2.24, 2.45) is 0 Å². The topological polar surface area (TPSA) is 74.5 Å². The summed E-state index contributed by atoms with van der Waals surface area (Å²) < 4.78 is 5.25. The standard InChI is InChI=1S/C27H25Cl2N5O2S/c28-21-7-9-22(10-8-21)33-11-13-34(14-12-33)25-16-24(29)31-27(32-25)37-18-19-3-5-20(6-4-19)26(35)30-17-23-2-1-15-36-23/h1-10,15-16H,11-14,17-18H2,(H,30,35). The Hall–Kier alpha value is -3.20. The molecule has 1 amide bonds. The predicted molar refractivity (Wildman–Crippen MR) is 149 cm³/mol. The molecule has 190 valence electrons. The molecule has 2 aromatic carbocycles. The molecule has 0 spiro atoms. The van der Waals surface area contributed by atoms with Crippen LogP contribution in [-0.4, -0.2) is 42.1 Å². The molecule has 0 aliphatic carbocycles. The maximum atomic E-state index is 12.4. The summed E-state index contributed by atoms with van der Waals surface area (Å²) in [6, 6.07) is 20.9. The van der Waals surface area contributed by atoms with E-state index < -0.39 is 0 Å². The van der Waals surface area contributed by atoms with E-state index >= 15 is 0 Å². The fraction of sp³-hybridized carbons (Fsp3) is 0.222. The van der Waals surface area contributed by atoms with Crippen LogP contribution < -0.4 is 15.1 Å². The van der Waals surface area contributed by atoms with Crippen molar-refractivity contribution in [1.29, 1.82) is 0 Å². The lowest BCUT2D eigenvalue weighted by molar-refractivity contribution is 0.0948. The quantitative estimate of drug-likeness (QED) is 0.165. The number of halogens is 2. The first kappa shape index (κ1) is 25.4. The van der Waals surface area contributed by atoms with Crippen LogP contribution in [0, 0.1) is 0 Å². The number of nitrogens with zero attached hydrogens (tertiary/aromatic N) is 4. The number of amides is 1. The van der Waals surface area contributed by atoms with Gasteiger partial charge in [0.15, 0.2) is 5.16 Å². The van der Waals surface area contributed by atoms with E-state index in [1.165, 1.54) is 17.4 Å². The number of hydrogen-bond acceptors (Lipinski definition) is 7. The van der Waals surface area contributed by atoms with E-state index in [0.29, 0.717) is 33.9 Å². The second kappa shape index (κ2) is 11.9. The number of thioether (sulfide) groups is 1. The highest BCUT2D eigenvalue weighted by Crippen LogP contribution is 2.26. The fourth-order valence-electron chi connectivity index (χ4n) is 4.04. The average molecular weight is 555 g/mol. The van der Waals surface area contributed by atoms with Gasteiger partial charge in [-0.2, -0.15) is 0 Å². The van der Waals surface area contributed by atoms with Gasteiger partial charge in [0.2, 0.25) is 0 Å². The summed E-state index contributed by atoms with van der Waals surface area (Å²) in [7, 11) is 0. The van der Waals surface area contributed by atoms with Crippen LogP contribution in [0.3, 0.4) is 0 Å². The number of aromatic nitrogens is 2. The summed E-state index contributed by atoms with van der Waals surface area (Å²) in [5, 5.41) is 4.65. The molecule has 7 nitrogen and oxygen atoms in total. The fourth-order valence-corrected chi connectivity index (χ4v) is 5.20. The highest BCUT2D eigenvalue weighted by molar-refractivity contribution is 7.98. The minimum absolute atomic E-state index is 0.144. The number of furan rings is 1. The first-order valence-corrected chi connectivity index (χ1v) is 13.6. The van der Waals surface area contributed by atoms with Gasteiger partial charge in [0.05, 0.1) is 12.8 Å². The van der Waals surface area contributed by atoms with Crippen LogP contribution in [0.2, 0.25) is 10.2 Å². The molecular formula is C27H25Cl2N5O2S. The Balaban J connectivity index is 1.15. The largest absolute Gasteiger partial charge is 0.467 e. The van der Waals surface area contributed by atoms with Gasteiger partial charge in [-0.25, -0.2) is 9.97 Å². The lowest BCUT2D eigenvalue weighted by atomic mass is 10.1. The Kier molecular flexibility index (Phi) is 8.18. The van der Waals surface area contributed by atoms with Crippen molar-refractivity contribution in [2.45, 2.75) is 17.5 Å². The number of hydrogen-bond donors (Lipinski definition) is 1. The molecule has 10 heteroatoms. The zero-order valence-electron chi connectivity index (χ0n) is 19.9. The van der Waals surface area contributed by atoms with Crippen LogP contribution in [0.15, 0.2) is 82.6 Å². The molecule has 0 radical (unpaired) electrons. The summed E-state index contributed by atoms with van der Waals surface area (Å²) in [5.41, 5.74) is 2.83. The number of benzene rings is 2. The number of anilines is 2. The van der Waals surface area contributed by atoms with Gasteiger partial charge in [0, 0.05) is 54.3 Å². The first-order valence-electron chi connectivity index (χ1n) is 11.9. The average Bonchev–Trinajstić information content (AvgIpc) is 3.45. The molecule has 1 aliphatic heterocycles. The van der Waals surface area contributed by atoms with Crippen molar-refractivity contribution in [1.82, 2.24) is 15.3 Å². The summed E-state index contributed by atoms with van der Waals surface area (Å²) >= 11 is 13.9. The molecule has 5 rings (SSSR count). The number of rotatable bonds is 8. The van der Waals surface area contributed by atoms with Crippen molar-refractivity contribution >= 4 is 52.4 Å². The van der Waals surface area contributed by atoms with E-state index in [9.17, 15) is 4.79 Å². The van der Waals surface area contributed by atoms with Crippen molar-refractivity contribution in [3.05, 3.63) is 100 Å². The lowest BCUT2D eigenvalue weighted by Crippen LogP contribution is -2.46. The molecule has 0 atom stereocenters. The van der Waals surface area contributed by atoms with Gasteiger partial charge < -0.3 is 19.5 Å². The SMILES string of the molecule is O=C(NCc1ccco1)c1ccc(CSc2nc(Cl)cc(N3CCN(c4ccc(Cl)cc4)CC3)n2)cc1. The van der Waals surface area contributed by atoms with E-state index in [2.05, 4.69) is 20.1 Å². The molecule has 37 heavy (non-hydrogen) atoms. The zero-order chi connectivity index (χ0) is 25.6. The molecule has 1 aliphatic rings. The molecule has 0 saturated carbocycles. The summed E-state index contributed by atoms with van der Waals surface area (Å²) in [5.74, 6) is 2.07. The van der Waals surface area contributed by atoms with Gasteiger partial charge in [-0.3, -0.25) is 4.79 Å². The van der Waals surface area contributed by atoms with Crippen LogP contribution in [0.1, 0.15) is 21.7 Å². The number of carbonyl (C=O) groups excluding carboxylic acids is 1. The molecule has 1 saturated heterocycles. The minimum atomic E-state index is -0.144. The molecule has 1 N–H and O–H groups in total. The lowest BCUT2D eigenvalue weighted by Gasteiger charge is -2.36. The maximum absolute atomic E-state index is 12.4. The van der Waals surface area contributed by atoms with Crippen LogP contribution in [0.25, 0.3) is 0 Å². The molecule has 2 aromatic heterocycles. The molecule has 0 unspecified atom stereocenters. The van der Waals surface area contributed by atoms with Crippen molar-refractivity contribution in [3.63, 3.8) is 0 Å². The van der Waals surface area contributed by atoms with Gasteiger partial charge in [-0.1, -0.05) is 47.1 Å². The predicted octanol–water partition coefficient (Wildman–Crippen LogP) is 5.93. The van der Waals surface area contributed by atoms with Gasteiger partial charge >= 0.3 is 0 Å². The zero-order valence-corrected chi connectivity index (χ0v) is 22.3. The first-order chi connectivity index (χ1) is 18.0. The van der Waals surface area contributed by atoms with Gasteiger partial charge in [-0.15, -0.1) is 0 Å². The minimum Gasteiger partial charge on any atom is -0.467 e. The molecular weight excluding hydrogens is 529 g/mol. The Morgan fingerprint density at radius 1 is 0.946 bits per heavy atom. The van der Waals surface area contributed by atoms with Crippen molar-refractivity contribution in [3.8, 4) is 0 Å². The Labute approximate surface area is 229 Å². The van der Waals surface area contributed by atoms with Gasteiger partial charge in [-0.05, 0) is 54.1 Å². The third-order valence-corrected chi connectivity index (χ3v) is 7.41. The van der Waals surface area contributed by atoms with E-state index in [4.69, 9.17) is 32.6 Å². The number of nitrogens with one attached hydrogen (secondary N) is 1.